The smallest absolute Gasteiger partial charge is 0.248 e. The number of amides is 1. The predicted octanol–water partition coefficient (Wildman–Crippen LogP) is 0.678. The van der Waals surface area contributed by atoms with Crippen molar-refractivity contribution in [3.8, 4) is 0 Å². The van der Waals surface area contributed by atoms with Crippen molar-refractivity contribution in [1.29, 1.82) is 0 Å². The van der Waals surface area contributed by atoms with Crippen molar-refractivity contribution >= 4 is 5.91 Å². The van der Waals surface area contributed by atoms with Crippen LogP contribution in [-0.2, 0) is 0 Å². The molecule has 5 nitrogen and oxygen atoms in total. The zero-order valence-corrected chi connectivity index (χ0v) is 7.14. The van der Waals surface area contributed by atoms with Crippen LogP contribution in [0, 0.1) is 10.1 Å². The summed E-state index contributed by atoms with van der Waals surface area (Å²) in [6.45, 7) is 0. The fraction of sp³-hybridized carbons (Fsp3) is 0.125. The van der Waals surface area contributed by atoms with E-state index in [0.29, 0.717) is 5.56 Å². The quantitative estimate of drug-likeness (QED) is 0.511. The van der Waals surface area contributed by atoms with Crippen molar-refractivity contribution in [2.45, 2.75) is 0 Å². The maximum Gasteiger partial charge on any atom is 0.248 e. The van der Waals surface area contributed by atoms with Gasteiger partial charge in [0.2, 0.25) is 5.91 Å². The van der Waals surface area contributed by atoms with Crippen LogP contribution in [0.2, 0.25) is 0 Å². The van der Waals surface area contributed by atoms with Crippen LogP contribution in [0.4, 0.5) is 0 Å². The fourth-order valence-electron chi connectivity index (χ4n) is 0.602. The number of nitro groups is 1. The van der Waals surface area contributed by atoms with Crippen molar-refractivity contribution in [2.75, 3.05) is 7.05 Å². The molecule has 2 N–H and O–H groups in total. The van der Waals surface area contributed by atoms with Gasteiger partial charge in [-0.3, -0.25) is 14.9 Å². The van der Waals surface area contributed by atoms with Crippen LogP contribution in [0.3, 0.4) is 0 Å². The average molecular weight is 182 g/mol. The number of hydrogen-bond acceptors (Lipinski definition) is 3. The summed E-state index contributed by atoms with van der Waals surface area (Å²) in [4.78, 5) is 18.7. The summed E-state index contributed by atoms with van der Waals surface area (Å²) in [6.07, 6.45) is 0. The lowest BCUT2D eigenvalue weighted by Crippen LogP contribution is -2.09. The van der Waals surface area contributed by atoms with Gasteiger partial charge in [-0.05, 0) is 12.1 Å². The van der Waals surface area contributed by atoms with E-state index < -0.39 is 4.92 Å². The molecule has 1 aromatic carbocycles. The zero-order valence-electron chi connectivity index (χ0n) is 7.14. The van der Waals surface area contributed by atoms with Gasteiger partial charge in [0, 0.05) is 10.5 Å². The Labute approximate surface area is 75.3 Å². The molecule has 0 saturated heterocycles. The molecular formula is C8H10N2O3. The summed E-state index contributed by atoms with van der Waals surface area (Å²) in [7, 11) is 0.889. The third-order valence-corrected chi connectivity index (χ3v) is 1.06. The Balaban J connectivity index is 0.000000310. The number of primary amides is 1. The number of hydrogen-bond donors (Lipinski definition) is 1. The SMILES string of the molecule is C[N+](=O)[O-].NC(=O)c1ccccc1. The molecule has 1 amide bonds. The molecule has 0 bridgehead atoms. The largest absolute Gasteiger partial charge is 0.366 e. The highest BCUT2D eigenvalue weighted by Crippen LogP contribution is 1.94. The number of rotatable bonds is 1. The van der Waals surface area contributed by atoms with Crippen molar-refractivity contribution in [2.24, 2.45) is 5.73 Å². The first-order valence-corrected chi connectivity index (χ1v) is 3.47. The van der Waals surface area contributed by atoms with Crippen LogP contribution in [0.15, 0.2) is 30.3 Å². The normalized spacial score (nSPS) is 8.08. The van der Waals surface area contributed by atoms with Crippen LogP contribution >= 0.6 is 0 Å². The number of benzene rings is 1. The van der Waals surface area contributed by atoms with E-state index in [2.05, 4.69) is 0 Å². The molecule has 5 heteroatoms. The van der Waals surface area contributed by atoms with Gasteiger partial charge in [-0.2, -0.15) is 0 Å². The van der Waals surface area contributed by atoms with Crippen LogP contribution in [0.1, 0.15) is 10.4 Å². The van der Waals surface area contributed by atoms with E-state index in [9.17, 15) is 4.79 Å². The molecule has 1 aromatic rings. The molecule has 0 aromatic heterocycles. The lowest BCUT2D eigenvalue weighted by molar-refractivity contribution is -0.445. The van der Waals surface area contributed by atoms with E-state index in [1.54, 1.807) is 24.3 Å². The van der Waals surface area contributed by atoms with E-state index in [0.717, 1.165) is 7.05 Å². The first kappa shape index (κ1) is 11.1. The Hall–Kier alpha value is -1.91. The summed E-state index contributed by atoms with van der Waals surface area (Å²) in [5.41, 5.74) is 5.53. The summed E-state index contributed by atoms with van der Waals surface area (Å²) in [6, 6.07) is 8.76. The highest BCUT2D eigenvalue weighted by Gasteiger charge is 1.93. The van der Waals surface area contributed by atoms with Crippen molar-refractivity contribution in [1.82, 2.24) is 0 Å². The Morgan fingerprint density at radius 2 is 1.77 bits per heavy atom. The van der Waals surface area contributed by atoms with E-state index in [-0.39, 0.29) is 5.91 Å². The molecule has 0 aliphatic carbocycles. The minimum Gasteiger partial charge on any atom is -0.366 e. The predicted molar refractivity (Wildman–Crippen MR) is 47.9 cm³/mol. The third kappa shape index (κ3) is 6.49. The monoisotopic (exact) mass is 182 g/mol. The summed E-state index contributed by atoms with van der Waals surface area (Å²) < 4.78 is 0. The molecule has 0 radical (unpaired) electrons. The van der Waals surface area contributed by atoms with Gasteiger partial charge in [-0.25, -0.2) is 0 Å². The van der Waals surface area contributed by atoms with E-state index >= 15 is 0 Å². The summed E-state index contributed by atoms with van der Waals surface area (Å²) in [5, 5.41) is 8.81. The van der Waals surface area contributed by atoms with Crippen molar-refractivity contribution in [3.05, 3.63) is 46.0 Å². The second-order valence-corrected chi connectivity index (χ2v) is 2.17. The van der Waals surface area contributed by atoms with Crippen LogP contribution < -0.4 is 5.73 Å². The highest BCUT2D eigenvalue weighted by molar-refractivity contribution is 5.92. The minimum atomic E-state index is -0.500. The standard InChI is InChI=1S/C7H7NO.CH3NO2/c8-7(9)6-4-2-1-3-5-6;1-2(3)4/h1-5H,(H2,8,9);1H3. The van der Waals surface area contributed by atoms with Gasteiger partial charge in [0.25, 0.3) is 0 Å². The zero-order chi connectivity index (χ0) is 10.3. The van der Waals surface area contributed by atoms with Gasteiger partial charge < -0.3 is 5.73 Å². The van der Waals surface area contributed by atoms with Gasteiger partial charge >= 0.3 is 0 Å². The molecule has 1 rings (SSSR count). The van der Waals surface area contributed by atoms with Gasteiger partial charge in [-0.1, -0.05) is 18.2 Å². The van der Waals surface area contributed by atoms with Gasteiger partial charge in [0.15, 0.2) is 7.05 Å². The Bertz CT molecular complexity index is 281. The molecule has 0 aliphatic rings. The van der Waals surface area contributed by atoms with E-state index in [1.165, 1.54) is 0 Å². The number of carbonyl (C=O) groups is 1. The first-order chi connectivity index (χ1) is 6.04. The number of nitrogens with zero attached hydrogens (tertiary/aromatic N) is 1. The van der Waals surface area contributed by atoms with E-state index in [1.807, 2.05) is 6.07 Å². The lowest BCUT2D eigenvalue weighted by Gasteiger charge is -1.89. The average Bonchev–Trinajstić information content (AvgIpc) is 2.05. The number of nitrogens with two attached hydrogens (primary N) is 1. The second-order valence-electron chi connectivity index (χ2n) is 2.17. The molecule has 13 heavy (non-hydrogen) atoms. The highest BCUT2D eigenvalue weighted by atomic mass is 16.6. The van der Waals surface area contributed by atoms with Crippen LogP contribution in [0.5, 0.6) is 0 Å². The van der Waals surface area contributed by atoms with Gasteiger partial charge in [-0.15, -0.1) is 0 Å². The molecule has 0 fully saturated rings. The first-order valence-electron chi connectivity index (χ1n) is 3.47. The van der Waals surface area contributed by atoms with E-state index in [4.69, 9.17) is 15.8 Å². The molecular weight excluding hydrogens is 172 g/mol. The molecule has 0 saturated carbocycles. The maximum atomic E-state index is 10.4. The Kier molecular flexibility index (Phi) is 4.87. The summed E-state index contributed by atoms with van der Waals surface area (Å²) >= 11 is 0. The molecule has 0 unspecified atom stereocenters. The molecule has 0 atom stereocenters. The molecule has 0 aliphatic heterocycles. The van der Waals surface area contributed by atoms with Crippen LogP contribution in [-0.4, -0.2) is 17.9 Å². The Morgan fingerprint density at radius 1 is 1.38 bits per heavy atom. The lowest BCUT2D eigenvalue weighted by atomic mass is 10.2. The van der Waals surface area contributed by atoms with Gasteiger partial charge in [0.1, 0.15) is 0 Å². The fourth-order valence-corrected chi connectivity index (χ4v) is 0.602. The molecule has 0 spiro atoms. The number of carbonyl (C=O) groups excluding carboxylic acids is 1. The maximum absolute atomic E-state index is 10.4. The minimum absolute atomic E-state index is 0.379. The summed E-state index contributed by atoms with van der Waals surface area (Å²) in [5.74, 6) is -0.379. The molecule has 0 heterocycles. The van der Waals surface area contributed by atoms with Gasteiger partial charge in [0.05, 0.1) is 0 Å². The Morgan fingerprint density at radius 3 is 2.00 bits per heavy atom. The van der Waals surface area contributed by atoms with Crippen molar-refractivity contribution < 1.29 is 9.72 Å². The molecule has 70 valence electrons. The van der Waals surface area contributed by atoms with Crippen molar-refractivity contribution in [3.63, 3.8) is 0 Å². The van der Waals surface area contributed by atoms with Crippen LogP contribution in [0.25, 0.3) is 0 Å². The third-order valence-electron chi connectivity index (χ3n) is 1.06. The second kappa shape index (κ2) is 5.70. The topological polar surface area (TPSA) is 86.2 Å².